The van der Waals surface area contributed by atoms with Crippen LogP contribution in [0.25, 0.3) is 5.65 Å². The first-order chi connectivity index (χ1) is 13.3. The second-order valence-electron chi connectivity index (χ2n) is 6.13. The van der Waals surface area contributed by atoms with Crippen molar-refractivity contribution in [3.63, 3.8) is 0 Å². The molecule has 0 aliphatic carbocycles. The highest BCUT2D eigenvalue weighted by Gasteiger charge is 2.26. The molecule has 1 amide bonds. The molecule has 1 unspecified atom stereocenters. The second-order valence-corrected chi connectivity index (χ2v) is 8.60. The minimum atomic E-state index is -4.05. The van der Waals surface area contributed by atoms with Gasteiger partial charge in [-0.25, -0.2) is 13.4 Å². The van der Waals surface area contributed by atoms with Crippen LogP contribution in [-0.2, 0) is 21.2 Å². The third-order valence-corrected chi connectivity index (χ3v) is 6.50. The summed E-state index contributed by atoms with van der Waals surface area (Å²) in [5.41, 5.74) is 1.64. The normalized spacial score (nSPS) is 12.8. The summed E-state index contributed by atoms with van der Waals surface area (Å²) in [6.07, 6.45) is 4.29. The van der Waals surface area contributed by atoms with Crippen LogP contribution >= 0.6 is 23.2 Å². The van der Waals surface area contributed by atoms with Gasteiger partial charge in [0.2, 0.25) is 15.9 Å². The molecule has 0 aliphatic heterocycles. The third kappa shape index (κ3) is 4.64. The van der Waals surface area contributed by atoms with Crippen LogP contribution < -0.4 is 10.0 Å². The van der Waals surface area contributed by atoms with Crippen LogP contribution in [0, 0.1) is 0 Å². The SMILES string of the molecule is CC(NS(=O)(=O)c1c(Cl)cccc1Cl)C(=O)NCCc1cn2ccccc2n1. The number of pyridine rings is 1. The summed E-state index contributed by atoms with van der Waals surface area (Å²) in [7, 11) is -4.05. The number of nitrogens with one attached hydrogen (secondary N) is 2. The van der Waals surface area contributed by atoms with Crippen LogP contribution in [0.1, 0.15) is 12.6 Å². The Morgan fingerprint density at radius 3 is 2.57 bits per heavy atom. The van der Waals surface area contributed by atoms with E-state index in [0.717, 1.165) is 11.3 Å². The number of benzene rings is 1. The van der Waals surface area contributed by atoms with Crippen molar-refractivity contribution in [3.8, 4) is 0 Å². The lowest BCUT2D eigenvalue weighted by Crippen LogP contribution is -2.45. The minimum absolute atomic E-state index is 0.0144. The molecule has 10 heteroatoms. The summed E-state index contributed by atoms with van der Waals surface area (Å²) in [4.78, 5) is 16.5. The highest BCUT2D eigenvalue weighted by molar-refractivity contribution is 7.89. The van der Waals surface area contributed by atoms with Crippen LogP contribution in [0.3, 0.4) is 0 Å². The van der Waals surface area contributed by atoms with Gasteiger partial charge in [-0.1, -0.05) is 35.3 Å². The average molecular weight is 441 g/mol. The fraction of sp³-hybridized carbons (Fsp3) is 0.222. The zero-order valence-electron chi connectivity index (χ0n) is 14.9. The maximum absolute atomic E-state index is 12.5. The standard InChI is InChI=1S/C18H18Cl2N4O3S/c1-12(23-28(26,27)17-14(19)5-4-6-15(17)20)18(25)21-9-8-13-11-24-10-3-2-7-16(24)22-13/h2-7,10-12,23H,8-9H2,1H3,(H,21,25). The van der Waals surface area contributed by atoms with Gasteiger partial charge in [0.15, 0.2) is 0 Å². The predicted octanol–water partition coefficient (Wildman–Crippen LogP) is 2.67. The molecule has 2 aromatic heterocycles. The van der Waals surface area contributed by atoms with Gasteiger partial charge in [-0.3, -0.25) is 4.79 Å². The van der Waals surface area contributed by atoms with Gasteiger partial charge in [-0.05, 0) is 31.2 Å². The van der Waals surface area contributed by atoms with Gasteiger partial charge >= 0.3 is 0 Å². The number of sulfonamides is 1. The van der Waals surface area contributed by atoms with Crippen LogP contribution in [0.2, 0.25) is 10.0 Å². The van der Waals surface area contributed by atoms with Crippen molar-refractivity contribution < 1.29 is 13.2 Å². The van der Waals surface area contributed by atoms with E-state index < -0.39 is 22.0 Å². The van der Waals surface area contributed by atoms with Gasteiger partial charge in [0, 0.05) is 25.4 Å². The van der Waals surface area contributed by atoms with Crippen LogP contribution in [0.4, 0.5) is 0 Å². The molecular formula is C18H18Cl2N4O3S. The van der Waals surface area contributed by atoms with Crippen LogP contribution in [0.5, 0.6) is 0 Å². The summed E-state index contributed by atoms with van der Waals surface area (Å²) in [6.45, 7) is 1.77. The number of amides is 1. The van der Waals surface area contributed by atoms with Gasteiger partial charge in [0.05, 0.1) is 21.8 Å². The van der Waals surface area contributed by atoms with E-state index in [-0.39, 0.29) is 14.9 Å². The summed E-state index contributed by atoms with van der Waals surface area (Å²) in [5, 5.41) is 2.67. The fourth-order valence-corrected chi connectivity index (χ4v) is 5.01. The molecule has 2 heterocycles. The lowest BCUT2D eigenvalue weighted by atomic mass is 10.3. The molecule has 0 bridgehead atoms. The molecule has 7 nitrogen and oxygen atoms in total. The van der Waals surface area contributed by atoms with Gasteiger partial charge in [0.25, 0.3) is 0 Å². The Morgan fingerprint density at radius 1 is 1.18 bits per heavy atom. The Labute approximate surface area is 172 Å². The summed E-state index contributed by atoms with van der Waals surface area (Å²) in [5.74, 6) is -0.462. The molecule has 3 aromatic rings. The van der Waals surface area contributed by atoms with E-state index >= 15 is 0 Å². The highest BCUT2D eigenvalue weighted by atomic mass is 35.5. The Hall–Kier alpha value is -2.13. The Kier molecular flexibility index (Phi) is 6.24. The fourth-order valence-electron chi connectivity index (χ4n) is 2.66. The smallest absolute Gasteiger partial charge is 0.244 e. The number of fused-ring (bicyclic) bond motifs is 1. The van der Waals surface area contributed by atoms with Gasteiger partial charge in [-0.15, -0.1) is 0 Å². The number of halogens is 2. The molecule has 2 N–H and O–H groups in total. The molecule has 3 rings (SSSR count). The molecule has 28 heavy (non-hydrogen) atoms. The van der Waals surface area contributed by atoms with Crippen molar-refractivity contribution in [1.82, 2.24) is 19.4 Å². The summed E-state index contributed by atoms with van der Waals surface area (Å²) < 4.78 is 29.2. The molecule has 0 saturated heterocycles. The number of hydrogen-bond acceptors (Lipinski definition) is 4. The van der Waals surface area contributed by atoms with Crippen LogP contribution in [0.15, 0.2) is 53.7 Å². The van der Waals surface area contributed by atoms with E-state index in [1.54, 1.807) is 6.07 Å². The number of rotatable bonds is 7. The number of nitrogens with zero attached hydrogens (tertiary/aromatic N) is 2. The van der Waals surface area contributed by atoms with E-state index in [2.05, 4.69) is 15.0 Å². The number of hydrogen-bond donors (Lipinski definition) is 2. The highest BCUT2D eigenvalue weighted by Crippen LogP contribution is 2.28. The van der Waals surface area contributed by atoms with Gasteiger partial charge < -0.3 is 9.72 Å². The van der Waals surface area contributed by atoms with E-state index in [1.807, 2.05) is 35.0 Å². The maximum atomic E-state index is 12.5. The first-order valence-electron chi connectivity index (χ1n) is 8.44. The third-order valence-electron chi connectivity index (χ3n) is 4.01. The monoisotopic (exact) mass is 440 g/mol. The lowest BCUT2D eigenvalue weighted by molar-refractivity contribution is -0.122. The van der Waals surface area contributed by atoms with E-state index in [1.165, 1.54) is 19.1 Å². The minimum Gasteiger partial charge on any atom is -0.354 e. The first kappa shape index (κ1) is 20.6. The molecule has 1 atom stereocenters. The number of carbonyl (C=O) groups is 1. The van der Waals surface area contributed by atoms with Crippen molar-refractivity contribution >= 4 is 44.8 Å². The molecule has 0 radical (unpaired) electrons. The largest absolute Gasteiger partial charge is 0.354 e. The van der Waals surface area contributed by atoms with Crippen molar-refractivity contribution in [2.24, 2.45) is 0 Å². The maximum Gasteiger partial charge on any atom is 0.244 e. The van der Waals surface area contributed by atoms with Crippen molar-refractivity contribution in [2.75, 3.05) is 6.54 Å². The zero-order chi connectivity index (χ0) is 20.3. The predicted molar refractivity (Wildman–Crippen MR) is 108 cm³/mol. The van der Waals surface area contributed by atoms with E-state index in [0.29, 0.717) is 13.0 Å². The topological polar surface area (TPSA) is 92.6 Å². The number of aromatic nitrogens is 2. The first-order valence-corrected chi connectivity index (χ1v) is 10.7. The number of imidazole rings is 1. The molecule has 1 aromatic carbocycles. The summed E-state index contributed by atoms with van der Waals surface area (Å²) in [6, 6.07) is 9.06. The molecule has 0 fully saturated rings. The van der Waals surface area contributed by atoms with Crippen molar-refractivity contribution in [2.45, 2.75) is 24.3 Å². The van der Waals surface area contributed by atoms with E-state index in [4.69, 9.17) is 23.2 Å². The average Bonchev–Trinajstić information content (AvgIpc) is 3.03. The number of carbonyl (C=O) groups excluding carboxylic acids is 1. The molecule has 0 spiro atoms. The Morgan fingerprint density at radius 2 is 1.89 bits per heavy atom. The molecule has 0 aliphatic rings. The quantitative estimate of drug-likeness (QED) is 0.590. The van der Waals surface area contributed by atoms with Gasteiger partial charge in [-0.2, -0.15) is 4.72 Å². The van der Waals surface area contributed by atoms with Crippen molar-refractivity contribution in [3.05, 3.63) is 64.5 Å². The van der Waals surface area contributed by atoms with Crippen LogP contribution in [-0.4, -0.2) is 36.3 Å². The van der Waals surface area contributed by atoms with Crippen molar-refractivity contribution in [1.29, 1.82) is 0 Å². The second kappa shape index (κ2) is 8.48. The Bertz CT molecular complexity index is 1060. The van der Waals surface area contributed by atoms with E-state index in [9.17, 15) is 13.2 Å². The molecule has 148 valence electrons. The molecule has 0 saturated carbocycles. The van der Waals surface area contributed by atoms with Gasteiger partial charge in [0.1, 0.15) is 10.5 Å². The lowest BCUT2D eigenvalue weighted by Gasteiger charge is -2.15. The Balaban J connectivity index is 1.58. The zero-order valence-corrected chi connectivity index (χ0v) is 17.2. The molecular weight excluding hydrogens is 423 g/mol. The summed E-state index contributed by atoms with van der Waals surface area (Å²) >= 11 is 11.9.